The van der Waals surface area contributed by atoms with Gasteiger partial charge in [-0.25, -0.2) is 4.99 Å². The SMILES string of the molecule is C=O.CCCCCCCCCCCCCCCCCC(=O)O.NC(N)=Nc1ccccc1. The largest absolute Gasteiger partial charge is 0.481 e. The van der Waals surface area contributed by atoms with E-state index in [9.17, 15) is 4.79 Å². The topological polar surface area (TPSA) is 119 Å². The highest BCUT2D eigenvalue weighted by Gasteiger charge is 1.97. The number of rotatable bonds is 17. The molecule has 1 aromatic carbocycles. The second-order valence-corrected chi connectivity index (χ2v) is 7.97. The van der Waals surface area contributed by atoms with Gasteiger partial charge in [0.05, 0.1) is 5.69 Å². The predicted octanol–water partition coefficient (Wildman–Crippen LogP) is 6.74. The van der Waals surface area contributed by atoms with Gasteiger partial charge in [-0.05, 0) is 18.6 Å². The Bertz CT molecular complexity index is 547. The monoisotopic (exact) mass is 449 g/mol. The minimum Gasteiger partial charge on any atom is -0.481 e. The number of benzene rings is 1. The number of aliphatic imine (C=N–C) groups is 1. The lowest BCUT2D eigenvalue weighted by molar-refractivity contribution is -0.137. The van der Waals surface area contributed by atoms with Crippen molar-refractivity contribution in [2.24, 2.45) is 16.5 Å². The maximum absolute atomic E-state index is 10.3. The lowest BCUT2D eigenvalue weighted by Gasteiger charge is -2.03. The van der Waals surface area contributed by atoms with E-state index in [1.165, 1.54) is 83.5 Å². The van der Waals surface area contributed by atoms with Gasteiger partial charge in [0.15, 0.2) is 5.96 Å². The Morgan fingerprint density at radius 2 is 1.12 bits per heavy atom. The summed E-state index contributed by atoms with van der Waals surface area (Å²) >= 11 is 0. The highest BCUT2D eigenvalue weighted by Crippen LogP contribution is 2.13. The molecule has 184 valence electrons. The molecular weight excluding hydrogens is 402 g/mol. The number of carbonyl (C=O) groups is 2. The van der Waals surface area contributed by atoms with Crippen molar-refractivity contribution < 1.29 is 14.7 Å². The van der Waals surface area contributed by atoms with Crippen molar-refractivity contribution >= 4 is 24.4 Å². The van der Waals surface area contributed by atoms with Crippen molar-refractivity contribution in [3.05, 3.63) is 30.3 Å². The molecule has 0 atom stereocenters. The molecule has 0 aromatic heterocycles. The third kappa shape index (κ3) is 27.6. The summed E-state index contributed by atoms with van der Waals surface area (Å²) in [5, 5.41) is 8.52. The third-order valence-electron chi connectivity index (χ3n) is 5.01. The van der Waals surface area contributed by atoms with Gasteiger partial charge in [-0.15, -0.1) is 0 Å². The number of unbranched alkanes of at least 4 members (excludes halogenated alkanes) is 14. The molecule has 0 radical (unpaired) electrons. The van der Waals surface area contributed by atoms with E-state index in [0.29, 0.717) is 6.42 Å². The minimum atomic E-state index is -0.653. The summed E-state index contributed by atoms with van der Waals surface area (Å²) in [6.45, 7) is 4.27. The maximum Gasteiger partial charge on any atom is 0.303 e. The number of guanidine groups is 1. The summed E-state index contributed by atoms with van der Waals surface area (Å²) in [5.74, 6) is -0.564. The van der Waals surface area contributed by atoms with Gasteiger partial charge >= 0.3 is 5.97 Å². The summed E-state index contributed by atoms with van der Waals surface area (Å²) in [4.78, 5) is 22.2. The quantitative estimate of drug-likeness (QED) is 0.138. The van der Waals surface area contributed by atoms with Crippen LogP contribution in [-0.4, -0.2) is 23.8 Å². The van der Waals surface area contributed by atoms with Gasteiger partial charge in [0, 0.05) is 6.42 Å². The van der Waals surface area contributed by atoms with Crippen LogP contribution in [0.1, 0.15) is 110 Å². The number of hydrogen-bond acceptors (Lipinski definition) is 3. The molecule has 0 saturated heterocycles. The Morgan fingerprint density at radius 3 is 1.47 bits per heavy atom. The second-order valence-electron chi connectivity index (χ2n) is 7.97. The molecule has 0 spiro atoms. The van der Waals surface area contributed by atoms with Crippen molar-refractivity contribution in [2.45, 2.75) is 110 Å². The van der Waals surface area contributed by atoms with Crippen LogP contribution in [0.3, 0.4) is 0 Å². The van der Waals surface area contributed by atoms with Crippen LogP contribution >= 0.6 is 0 Å². The van der Waals surface area contributed by atoms with E-state index in [2.05, 4.69) is 11.9 Å². The van der Waals surface area contributed by atoms with Crippen LogP contribution in [-0.2, 0) is 9.59 Å². The van der Waals surface area contributed by atoms with Gasteiger partial charge in [0.2, 0.25) is 0 Å². The van der Waals surface area contributed by atoms with E-state index < -0.39 is 5.97 Å². The zero-order chi connectivity index (χ0) is 24.3. The summed E-state index contributed by atoms with van der Waals surface area (Å²) in [5.41, 5.74) is 11.1. The van der Waals surface area contributed by atoms with Crippen molar-refractivity contribution in [2.75, 3.05) is 0 Å². The molecule has 6 heteroatoms. The molecule has 0 aliphatic rings. The van der Waals surface area contributed by atoms with Crippen LogP contribution in [0.15, 0.2) is 35.3 Å². The van der Waals surface area contributed by atoms with Gasteiger partial charge in [-0.1, -0.05) is 115 Å². The molecule has 0 saturated carbocycles. The fourth-order valence-electron chi connectivity index (χ4n) is 3.30. The third-order valence-corrected chi connectivity index (χ3v) is 5.01. The molecule has 1 aromatic rings. The Morgan fingerprint density at radius 1 is 0.750 bits per heavy atom. The van der Waals surface area contributed by atoms with Crippen molar-refractivity contribution in [3.8, 4) is 0 Å². The average molecular weight is 450 g/mol. The molecule has 0 fully saturated rings. The zero-order valence-corrected chi connectivity index (χ0v) is 20.3. The van der Waals surface area contributed by atoms with E-state index in [1.807, 2.05) is 37.1 Å². The number of para-hydroxylation sites is 1. The van der Waals surface area contributed by atoms with Crippen LogP contribution in [0, 0.1) is 0 Å². The van der Waals surface area contributed by atoms with E-state index in [-0.39, 0.29) is 5.96 Å². The van der Waals surface area contributed by atoms with Gasteiger partial charge < -0.3 is 21.4 Å². The number of carbonyl (C=O) groups excluding carboxylic acids is 1. The number of hydrogen-bond donors (Lipinski definition) is 3. The van der Waals surface area contributed by atoms with E-state index >= 15 is 0 Å². The fraction of sp³-hybridized carbons (Fsp3) is 0.654. The smallest absolute Gasteiger partial charge is 0.303 e. The highest BCUT2D eigenvalue weighted by molar-refractivity contribution is 5.78. The lowest BCUT2D eigenvalue weighted by atomic mass is 10.0. The van der Waals surface area contributed by atoms with E-state index in [1.54, 1.807) is 0 Å². The van der Waals surface area contributed by atoms with Crippen LogP contribution in [0.5, 0.6) is 0 Å². The minimum absolute atomic E-state index is 0.0891. The summed E-state index contributed by atoms with van der Waals surface area (Å²) < 4.78 is 0. The summed E-state index contributed by atoms with van der Waals surface area (Å²) in [7, 11) is 0. The molecule has 5 N–H and O–H groups in total. The highest BCUT2D eigenvalue weighted by atomic mass is 16.4. The Balaban J connectivity index is 0. The van der Waals surface area contributed by atoms with Crippen molar-refractivity contribution in [1.29, 1.82) is 0 Å². The molecule has 0 aliphatic carbocycles. The van der Waals surface area contributed by atoms with Gasteiger partial charge in [0.25, 0.3) is 0 Å². The number of carboxylic acids is 1. The lowest BCUT2D eigenvalue weighted by Crippen LogP contribution is -2.21. The average Bonchev–Trinajstić information content (AvgIpc) is 2.78. The fourth-order valence-corrected chi connectivity index (χ4v) is 3.30. The number of nitrogens with two attached hydrogens (primary N) is 2. The molecule has 6 nitrogen and oxygen atoms in total. The Labute approximate surface area is 195 Å². The first-order valence-corrected chi connectivity index (χ1v) is 12.2. The number of nitrogens with zero attached hydrogens (tertiary/aromatic N) is 1. The Hall–Kier alpha value is -2.37. The molecule has 0 bridgehead atoms. The molecule has 32 heavy (non-hydrogen) atoms. The number of carboxylic acid groups (broad SMARTS) is 1. The normalized spacial score (nSPS) is 9.66. The summed E-state index contributed by atoms with van der Waals surface area (Å²) in [6, 6.07) is 9.33. The van der Waals surface area contributed by atoms with E-state index in [4.69, 9.17) is 21.4 Å². The first-order chi connectivity index (χ1) is 15.6. The van der Waals surface area contributed by atoms with Crippen LogP contribution in [0.4, 0.5) is 5.69 Å². The van der Waals surface area contributed by atoms with Crippen molar-refractivity contribution in [1.82, 2.24) is 0 Å². The first-order valence-electron chi connectivity index (χ1n) is 12.2. The molecule has 0 heterocycles. The first kappa shape index (κ1) is 31.8. The maximum atomic E-state index is 10.3. The number of aliphatic carboxylic acids is 1. The Kier molecular flexibility index (Phi) is 26.5. The van der Waals surface area contributed by atoms with Crippen LogP contribution in [0.2, 0.25) is 0 Å². The van der Waals surface area contributed by atoms with Gasteiger partial charge in [-0.3, -0.25) is 4.79 Å². The molecule has 0 unspecified atom stereocenters. The second kappa shape index (κ2) is 26.7. The molecular formula is C26H47N3O3. The van der Waals surface area contributed by atoms with Gasteiger partial charge in [0.1, 0.15) is 6.79 Å². The van der Waals surface area contributed by atoms with Crippen LogP contribution < -0.4 is 11.5 Å². The predicted molar refractivity (Wildman–Crippen MR) is 136 cm³/mol. The molecule has 0 amide bonds. The zero-order valence-electron chi connectivity index (χ0n) is 20.3. The van der Waals surface area contributed by atoms with Gasteiger partial charge in [-0.2, -0.15) is 0 Å². The van der Waals surface area contributed by atoms with Crippen molar-refractivity contribution in [3.63, 3.8) is 0 Å². The summed E-state index contributed by atoms with van der Waals surface area (Å²) in [6.07, 6.45) is 20.2. The molecule has 0 aliphatic heterocycles. The van der Waals surface area contributed by atoms with E-state index in [0.717, 1.165) is 18.5 Å². The molecule has 1 rings (SSSR count). The standard InChI is InChI=1S/C18H36O2.C7H9N3.CH2O/c1-2-3-4-5-6-7-8-9-10-11-12-13-14-15-16-17-18(19)20;8-7(9)10-6-4-2-1-3-5-6;1-2/h2-17H2,1H3,(H,19,20);1-5H,(H4,8,9,10);1H2. The van der Waals surface area contributed by atoms with Crippen LogP contribution in [0.25, 0.3) is 0 Å².